The van der Waals surface area contributed by atoms with Gasteiger partial charge in [0.1, 0.15) is 0 Å². The SMILES string of the molecule is Cc1nc(Cl)c2nnc(-c3cc4sccc4s3)n2c1C. The van der Waals surface area contributed by atoms with E-state index in [4.69, 9.17) is 11.6 Å². The van der Waals surface area contributed by atoms with Crippen LogP contribution in [0.15, 0.2) is 17.5 Å². The van der Waals surface area contributed by atoms with Crippen molar-refractivity contribution in [2.75, 3.05) is 0 Å². The molecular weight excluding hydrogens is 312 g/mol. The van der Waals surface area contributed by atoms with Gasteiger partial charge in [0.2, 0.25) is 0 Å². The molecule has 0 saturated heterocycles. The summed E-state index contributed by atoms with van der Waals surface area (Å²) in [6.45, 7) is 3.95. The summed E-state index contributed by atoms with van der Waals surface area (Å²) in [6, 6.07) is 4.29. The molecule has 0 bridgehead atoms. The van der Waals surface area contributed by atoms with Gasteiger partial charge in [0, 0.05) is 15.1 Å². The quantitative estimate of drug-likeness (QED) is 0.524. The number of aromatic nitrogens is 4. The van der Waals surface area contributed by atoms with E-state index in [1.807, 2.05) is 18.2 Å². The van der Waals surface area contributed by atoms with Gasteiger partial charge < -0.3 is 0 Å². The summed E-state index contributed by atoms with van der Waals surface area (Å²) in [7, 11) is 0. The number of fused-ring (bicyclic) bond motifs is 2. The molecule has 0 atom stereocenters. The Balaban J connectivity index is 2.07. The Morgan fingerprint density at radius 2 is 2.05 bits per heavy atom. The number of rotatable bonds is 1. The summed E-state index contributed by atoms with van der Waals surface area (Å²) < 4.78 is 4.53. The highest BCUT2D eigenvalue weighted by Gasteiger charge is 2.17. The van der Waals surface area contributed by atoms with Crippen molar-refractivity contribution in [1.29, 1.82) is 0 Å². The van der Waals surface area contributed by atoms with Gasteiger partial charge >= 0.3 is 0 Å². The summed E-state index contributed by atoms with van der Waals surface area (Å²) in [5.41, 5.74) is 2.52. The zero-order valence-electron chi connectivity index (χ0n) is 10.7. The van der Waals surface area contributed by atoms with Gasteiger partial charge in [-0.1, -0.05) is 11.6 Å². The minimum absolute atomic E-state index is 0.394. The van der Waals surface area contributed by atoms with Gasteiger partial charge in [-0.05, 0) is 31.4 Å². The van der Waals surface area contributed by atoms with Crippen LogP contribution in [0.3, 0.4) is 0 Å². The van der Waals surface area contributed by atoms with Crippen LogP contribution in [0.5, 0.6) is 0 Å². The highest BCUT2D eigenvalue weighted by Crippen LogP contribution is 2.36. The molecule has 4 aromatic heterocycles. The van der Waals surface area contributed by atoms with Crippen LogP contribution < -0.4 is 0 Å². The van der Waals surface area contributed by atoms with Gasteiger partial charge in [-0.2, -0.15) is 0 Å². The van der Waals surface area contributed by atoms with Gasteiger partial charge in [0.15, 0.2) is 16.6 Å². The van der Waals surface area contributed by atoms with Crippen LogP contribution in [-0.2, 0) is 0 Å². The Labute approximate surface area is 127 Å². The maximum absolute atomic E-state index is 6.16. The smallest absolute Gasteiger partial charge is 0.199 e. The zero-order valence-corrected chi connectivity index (χ0v) is 13.1. The molecule has 0 aliphatic rings. The van der Waals surface area contributed by atoms with E-state index in [9.17, 15) is 0 Å². The largest absolute Gasteiger partial charge is 0.275 e. The molecule has 0 N–H and O–H groups in total. The number of nitrogens with zero attached hydrogens (tertiary/aromatic N) is 4. The number of aryl methyl sites for hydroxylation is 2. The minimum Gasteiger partial charge on any atom is -0.275 e. The Morgan fingerprint density at radius 3 is 2.85 bits per heavy atom. The first-order valence-corrected chi connectivity index (χ1v) is 8.08. The van der Waals surface area contributed by atoms with Gasteiger partial charge in [0.25, 0.3) is 0 Å². The molecule has 4 nitrogen and oxygen atoms in total. The lowest BCUT2D eigenvalue weighted by molar-refractivity contribution is 1.00. The maximum Gasteiger partial charge on any atom is 0.199 e. The first-order chi connectivity index (χ1) is 9.65. The molecule has 0 amide bonds. The molecule has 7 heteroatoms. The van der Waals surface area contributed by atoms with Crippen molar-refractivity contribution in [2.24, 2.45) is 0 Å². The summed E-state index contributed by atoms with van der Waals surface area (Å²) >= 11 is 9.62. The molecule has 100 valence electrons. The van der Waals surface area contributed by atoms with Crippen molar-refractivity contribution in [1.82, 2.24) is 19.6 Å². The molecule has 0 aliphatic carbocycles. The van der Waals surface area contributed by atoms with Crippen molar-refractivity contribution < 1.29 is 0 Å². The first-order valence-electron chi connectivity index (χ1n) is 6.00. The molecule has 0 unspecified atom stereocenters. The minimum atomic E-state index is 0.394. The topological polar surface area (TPSA) is 43.1 Å². The van der Waals surface area contributed by atoms with Crippen LogP contribution in [-0.4, -0.2) is 19.6 Å². The van der Waals surface area contributed by atoms with E-state index in [-0.39, 0.29) is 0 Å². The van der Waals surface area contributed by atoms with E-state index in [2.05, 4.69) is 32.7 Å². The highest BCUT2D eigenvalue weighted by molar-refractivity contribution is 7.28. The van der Waals surface area contributed by atoms with Crippen molar-refractivity contribution in [3.8, 4) is 10.7 Å². The molecule has 4 aromatic rings. The van der Waals surface area contributed by atoms with E-state index in [0.717, 1.165) is 22.1 Å². The molecule has 0 aromatic carbocycles. The van der Waals surface area contributed by atoms with E-state index >= 15 is 0 Å². The molecule has 20 heavy (non-hydrogen) atoms. The lowest BCUT2D eigenvalue weighted by Gasteiger charge is -2.05. The van der Waals surface area contributed by atoms with Crippen molar-refractivity contribution in [3.63, 3.8) is 0 Å². The fourth-order valence-electron chi connectivity index (χ4n) is 2.21. The third kappa shape index (κ3) is 1.62. The summed E-state index contributed by atoms with van der Waals surface area (Å²) in [5, 5.41) is 11.0. The van der Waals surface area contributed by atoms with Crippen molar-refractivity contribution >= 4 is 49.3 Å². The van der Waals surface area contributed by atoms with E-state index in [1.54, 1.807) is 22.7 Å². The Morgan fingerprint density at radius 1 is 1.20 bits per heavy atom. The molecule has 0 saturated carbocycles. The van der Waals surface area contributed by atoms with Gasteiger partial charge in [0.05, 0.1) is 10.6 Å². The molecule has 0 fully saturated rings. The predicted octanol–water partition coefficient (Wildman–Crippen LogP) is 4.34. The Bertz CT molecular complexity index is 922. The Hall–Kier alpha value is -1.50. The molecule has 4 rings (SSSR count). The standard InChI is InChI=1S/C13H9ClN4S2/c1-6-7(2)18-12(16-17-13(18)11(14)15-6)10-5-9-8(20-10)3-4-19-9/h3-5H,1-2H3. The predicted molar refractivity (Wildman–Crippen MR) is 84.0 cm³/mol. The lowest BCUT2D eigenvalue weighted by atomic mass is 10.3. The number of hydrogen-bond donors (Lipinski definition) is 0. The second-order valence-corrected chi connectivity index (χ2v) is 6.91. The highest BCUT2D eigenvalue weighted by atomic mass is 35.5. The number of halogens is 1. The van der Waals surface area contributed by atoms with Crippen LogP contribution in [0, 0.1) is 13.8 Å². The second kappa shape index (κ2) is 4.25. The van der Waals surface area contributed by atoms with Gasteiger partial charge in [-0.15, -0.1) is 32.9 Å². The molecule has 0 spiro atoms. The summed E-state index contributed by atoms with van der Waals surface area (Å²) in [5.74, 6) is 0.832. The van der Waals surface area contributed by atoms with E-state index in [1.165, 1.54) is 9.40 Å². The Kier molecular flexibility index (Phi) is 2.60. The fraction of sp³-hybridized carbons (Fsp3) is 0.154. The van der Waals surface area contributed by atoms with E-state index in [0.29, 0.717) is 10.8 Å². The maximum atomic E-state index is 6.16. The van der Waals surface area contributed by atoms with Crippen LogP contribution in [0.2, 0.25) is 5.15 Å². The molecular formula is C13H9ClN4S2. The number of thiophene rings is 2. The lowest BCUT2D eigenvalue weighted by Crippen LogP contribution is -2.00. The van der Waals surface area contributed by atoms with Crippen LogP contribution in [0.4, 0.5) is 0 Å². The first kappa shape index (κ1) is 12.3. The van der Waals surface area contributed by atoms with Crippen molar-refractivity contribution in [3.05, 3.63) is 34.1 Å². The zero-order chi connectivity index (χ0) is 13.9. The summed E-state index contributed by atoms with van der Waals surface area (Å²) in [6.07, 6.45) is 0. The molecule has 0 radical (unpaired) electrons. The second-order valence-electron chi connectivity index (χ2n) is 4.52. The monoisotopic (exact) mass is 320 g/mol. The third-order valence-electron chi connectivity index (χ3n) is 3.33. The molecule has 0 aliphatic heterocycles. The van der Waals surface area contributed by atoms with Crippen LogP contribution >= 0.6 is 34.3 Å². The van der Waals surface area contributed by atoms with Gasteiger partial charge in [-0.25, -0.2) is 4.98 Å². The fourth-order valence-corrected chi connectivity index (χ4v) is 4.54. The third-order valence-corrected chi connectivity index (χ3v) is 5.68. The normalized spacial score (nSPS) is 11.8. The van der Waals surface area contributed by atoms with Crippen molar-refractivity contribution in [2.45, 2.75) is 13.8 Å². The van der Waals surface area contributed by atoms with Crippen LogP contribution in [0.1, 0.15) is 11.4 Å². The number of hydrogen-bond acceptors (Lipinski definition) is 5. The average molecular weight is 321 g/mol. The average Bonchev–Trinajstić information content (AvgIpc) is 3.08. The van der Waals surface area contributed by atoms with Gasteiger partial charge in [-0.3, -0.25) is 4.40 Å². The van der Waals surface area contributed by atoms with E-state index < -0.39 is 0 Å². The summed E-state index contributed by atoms with van der Waals surface area (Å²) in [4.78, 5) is 5.39. The molecule has 4 heterocycles. The van der Waals surface area contributed by atoms with Crippen LogP contribution in [0.25, 0.3) is 25.7 Å².